The Balaban J connectivity index is 1.95. The second-order valence-corrected chi connectivity index (χ2v) is 7.78. The highest BCUT2D eigenvalue weighted by atomic mass is 16.6. The number of nitro benzene ring substituents is 1. The predicted octanol–water partition coefficient (Wildman–Crippen LogP) is 5.51. The van der Waals surface area contributed by atoms with Crippen LogP contribution >= 0.6 is 0 Å². The molecule has 1 heterocycles. The van der Waals surface area contributed by atoms with Gasteiger partial charge in [-0.15, -0.1) is 0 Å². The zero-order valence-corrected chi connectivity index (χ0v) is 18.2. The van der Waals surface area contributed by atoms with Crippen molar-refractivity contribution in [3.63, 3.8) is 0 Å². The molecular formula is C26H21N3O4. The molecular weight excluding hydrogens is 418 g/mol. The first kappa shape index (κ1) is 21.8. The van der Waals surface area contributed by atoms with E-state index in [1.54, 1.807) is 31.4 Å². The molecule has 3 aromatic carbocycles. The number of hydrogen-bond donors (Lipinski definition) is 0. The molecule has 1 aliphatic heterocycles. The summed E-state index contributed by atoms with van der Waals surface area (Å²) in [6, 6.07) is 21.1. The summed E-state index contributed by atoms with van der Waals surface area (Å²) < 4.78 is 5.29. The van der Waals surface area contributed by atoms with Crippen LogP contribution in [0.5, 0.6) is 5.75 Å². The minimum absolute atomic E-state index is 0.0247. The van der Waals surface area contributed by atoms with Crippen LogP contribution in [-0.2, 0) is 4.79 Å². The number of ether oxygens (including phenoxy) is 1. The van der Waals surface area contributed by atoms with Crippen LogP contribution in [0.25, 0.3) is 11.8 Å². The average Bonchev–Trinajstić information content (AvgIpc) is 2.83. The van der Waals surface area contributed by atoms with E-state index in [1.165, 1.54) is 13.0 Å². The molecule has 0 bridgehead atoms. The van der Waals surface area contributed by atoms with Gasteiger partial charge in [0.05, 0.1) is 29.7 Å². The SMILES string of the molecule is COc1ccc(C2=Cc3ccc([N+](=O)[O-])cc3C(CC(C)=O)N2c2ccc(C#N)cc2)cc1. The van der Waals surface area contributed by atoms with Crippen molar-refractivity contribution in [2.45, 2.75) is 19.4 Å². The van der Waals surface area contributed by atoms with E-state index in [4.69, 9.17) is 4.74 Å². The quantitative estimate of drug-likeness (QED) is 0.371. The van der Waals surface area contributed by atoms with Crippen molar-refractivity contribution in [3.05, 3.63) is 99.1 Å². The number of Topliss-reactive ketones (excluding diaryl/α,β-unsaturated/α-hetero) is 1. The fourth-order valence-corrected chi connectivity index (χ4v) is 4.09. The number of ketones is 1. The van der Waals surface area contributed by atoms with Gasteiger partial charge in [-0.3, -0.25) is 14.9 Å². The highest BCUT2D eigenvalue weighted by Gasteiger charge is 2.32. The van der Waals surface area contributed by atoms with Crippen molar-refractivity contribution >= 4 is 28.9 Å². The van der Waals surface area contributed by atoms with E-state index in [0.717, 1.165) is 28.3 Å². The summed E-state index contributed by atoms with van der Waals surface area (Å²) in [5.74, 6) is 0.684. The molecule has 0 radical (unpaired) electrons. The van der Waals surface area contributed by atoms with E-state index in [9.17, 15) is 20.2 Å². The molecule has 0 N–H and O–H groups in total. The highest BCUT2D eigenvalue weighted by Crippen LogP contribution is 2.44. The summed E-state index contributed by atoms with van der Waals surface area (Å²) in [6.07, 6.45) is 2.14. The summed E-state index contributed by atoms with van der Waals surface area (Å²) in [5.41, 5.74) is 4.55. The van der Waals surface area contributed by atoms with Gasteiger partial charge in [-0.2, -0.15) is 5.26 Å². The van der Waals surface area contributed by atoms with Gasteiger partial charge in [0.25, 0.3) is 5.69 Å². The van der Waals surface area contributed by atoms with Gasteiger partial charge in [-0.05, 0) is 84.3 Å². The van der Waals surface area contributed by atoms with Gasteiger partial charge in [0, 0.05) is 29.9 Å². The molecule has 0 saturated carbocycles. The molecule has 33 heavy (non-hydrogen) atoms. The van der Waals surface area contributed by atoms with Gasteiger partial charge < -0.3 is 9.64 Å². The van der Waals surface area contributed by atoms with Crippen LogP contribution in [0.1, 0.15) is 41.6 Å². The third-order valence-corrected chi connectivity index (χ3v) is 5.64. The number of carbonyl (C=O) groups is 1. The van der Waals surface area contributed by atoms with Gasteiger partial charge in [0.15, 0.2) is 0 Å². The molecule has 0 spiro atoms. The Hall–Kier alpha value is -4.44. The van der Waals surface area contributed by atoms with Crippen LogP contribution in [0.3, 0.4) is 0 Å². The number of anilines is 1. The van der Waals surface area contributed by atoms with E-state index in [2.05, 4.69) is 6.07 Å². The number of methoxy groups -OCH3 is 1. The van der Waals surface area contributed by atoms with Crippen molar-refractivity contribution in [1.82, 2.24) is 0 Å². The fourth-order valence-electron chi connectivity index (χ4n) is 4.09. The van der Waals surface area contributed by atoms with Crippen LogP contribution in [0, 0.1) is 21.4 Å². The standard InChI is InChI=1S/C26H21N3O4/c1-17(30)13-26-24-15-22(29(31)32)10-5-20(24)14-25(19-6-11-23(33-2)12-7-19)28(26)21-8-3-18(16-27)4-9-21/h3-12,14-15,26H,13H2,1-2H3. The minimum Gasteiger partial charge on any atom is -0.497 e. The van der Waals surface area contributed by atoms with E-state index >= 15 is 0 Å². The number of rotatable bonds is 6. The largest absolute Gasteiger partial charge is 0.497 e. The van der Waals surface area contributed by atoms with Crippen LogP contribution in [0.2, 0.25) is 0 Å². The summed E-state index contributed by atoms with van der Waals surface area (Å²) in [7, 11) is 1.60. The highest BCUT2D eigenvalue weighted by molar-refractivity contribution is 5.95. The number of nitriles is 1. The first-order valence-corrected chi connectivity index (χ1v) is 10.3. The zero-order chi connectivity index (χ0) is 23.5. The number of benzene rings is 3. The van der Waals surface area contributed by atoms with E-state index in [0.29, 0.717) is 11.1 Å². The Labute approximate surface area is 191 Å². The molecule has 7 heteroatoms. The number of carbonyl (C=O) groups excluding carboxylic acids is 1. The molecule has 0 aromatic heterocycles. The third kappa shape index (κ3) is 4.32. The number of fused-ring (bicyclic) bond motifs is 1. The Morgan fingerprint density at radius 3 is 2.39 bits per heavy atom. The van der Waals surface area contributed by atoms with Crippen LogP contribution in [-0.4, -0.2) is 17.8 Å². The molecule has 1 aliphatic rings. The van der Waals surface area contributed by atoms with Crippen LogP contribution in [0.4, 0.5) is 11.4 Å². The smallest absolute Gasteiger partial charge is 0.269 e. The summed E-state index contributed by atoms with van der Waals surface area (Å²) >= 11 is 0. The Bertz CT molecular complexity index is 1290. The van der Waals surface area contributed by atoms with Gasteiger partial charge in [-0.1, -0.05) is 0 Å². The van der Waals surface area contributed by atoms with Crippen LogP contribution in [0.15, 0.2) is 66.7 Å². The lowest BCUT2D eigenvalue weighted by Gasteiger charge is -2.39. The van der Waals surface area contributed by atoms with Gasteiger partial charge in [0.2, 0.25) is 0 Å². The minimum atomic E-state index is -0.451. The van der Waals surface area contributed by atoms with Crippen molar-refractivity contribution in [3.8, 4) is 11.8 Å². The predicted molar refractivity (Wildman–Crippen MR) is 126 cm³/mol. The lowest BCUT2D eigenvalue weighted by atomic mass is 9.88. The lowest BCUT2D eigenvalue weighted by molar-refractivity contribution is -0.384. The number of hydrogen-bond acceptors (Lipinski definition) is 6. The molecule has 4 rings (SSSR count). The Kier molecular flexibility index (Phi) is 5.92. The molecule has 3 aromatic rings. The monoisotopic (exact) mass is 439 g/mol. The molecule has 0 fully saturated rings. The van der Waals surface area contributed by atoms with Crippen molar-refractivity contribution in [2.75, 3.05) is 12.0 Å². The summed E-state index contributed by atoms with van der Waals surface area (Å²) in [4.78, 5) is 25.3. The zero-order valence-electron chi connectivity index (χ0n) is 18.2. The fraction of sp³-hybridized carbons (Fsp3) is 0.154. The summed E-state index contributed by atoms with van der Waals surface area (Å²) in [6.45, 7) is 1.51. The molecule has 0 aliphatic carbocycles. The van der Waals surface area contributed by atoms with Crippen molar-refractivity contribution < 1.29 is 14.5 Å². The lowest BCUT2D eigenvalue weighted by Crippen LogP contribution is -2.32. The Morgan fingerprint density at radius 2 is 1.82 bits per heavy atom. The molecule has 1 atom stereocenters. The Morgan fingerprint density at radius 1 is 1.12 bits per heavy atom. The first-order valence-electron chi connectivity index (χ1n) is 10.3. The number of nitrogens with zero attached hydrogens (tertiary/aromatic N) is 3. The number of non-ortho nitro benzene ring substituents is 1. The van der Waals surface area contributed by atoms with Gasteiger partial charge >= 0.3 is 0 Å². The van der Waals surface area contributed by atoms with E-state index < -0.39 is 11.0 Å². The second-order valence-electron chi connectivity index (χ2n) is 7.78. The normalized spacial score (nSPS) is 14.6. The van der Waals surface area contributed by atoms with E-state index in [1.807, 2.05) is 47.4 Å². The maximum absolute atomic E-state index is 12.3. The van der Waals surface area contributed by atoms with Crippen molar-refractivity contribution in [2.24, 2.45) is 0 Å². The average molecular weight is 439 g/mol. The second kappa shape index (κ2) is 8.97. The molecule has 0 saturated heterocycles. The topological polar surface area (TPSA) is 96.5 Å². The molecule has 7 nitrogen and oxygen atoms in total. The molecule has 1 unspecified atom stereocenters. The third-order valence-electron chi connectivity index (χ3n) is 5.64. The first-order chi connectivity index (χ1) is 15.9. The summed E-state index contributed by atoms with van der Waals surface area (Å²) in [5, 5.41) is 20.7. The molecule has 0 amide bonds. The van der Waals surface area contributed by atoms with Crippen LogP contribution < -0.4 is 9.64 Å². The van der Waals surface area contributed by atoms with Crippen molar-refractivity contribution in [1.29, 1.82) is 5.26 Å². The number of nitro groups is 1. The van der Waals surface area contributed by atoms with Gasteiger partial charge in [-0.25, -0.2) is 0 Å². The maximum atomic E-state index is 12.3. The molecule has 164 valence electrons. The van der Waals surface area contributed by atoms with E-state index in [-0.39, 0.29) is 17.9 Å². The maximum Gasteiger partial charge on any atom is 0.269 e. The van der Waals surface area contributed by atoms with Gasteiger partial charge in [0.1, 0.15) is 11.5 Å².